The maximum atomic E-state index is 12.3. The topological polar surface area (TPSA) is 140 Å². The highest BCUT2D eigenvalue weighted by Crippen LogP contribution is 2.44. The van der Waals surface area contributed by atoms with Crippen molar-refractivity contribution in [3.8, 4) is 11.1 Å². The van der Waals surface area contributed by atoms with Crippen LogP contribution >= 0.6 is 11.6 Å². The van der Waals surface area contributed by atoms with Crippen LogP contribution in [0.2, 0.25) is 0 Å². The number of hydrogen-bond acceptors (Lipinski definition) is 13. The molecule has 2 aromatic rings. The molecule has 0 heterocycles. The minimum atomic E-state index is -0.415. The van der Waals surface area contributed by atoms with Crippen LogP contribution in [0.4, 0.5) is 4.79 Å². The molecule has 0 unspecified atom stereocenters. The molecule has 0 aliphatic heterocycles. The first-order chi connectivity index (χ1) is 29.3. The average Bonchev–Trinajstić information content (AvgIpc) is 3.58. The summed E-state index contributed by atoms with van der Waals surface area (Å²) in [6.07, 6.45) is 4.75. The first-order valence-corrected chi connectivity index (χ1v) is 21.8. The van der Waals surface area contributed by atoms with Crippen LogP contribution in [0.3, 0.4) is 0 Å². The second-order valence-electron chi connectivity index (χ2n) is 13.4. The fourth-order valence-corrected chi connectivity index (χ4v) is 6.16. The number of hydrogen-bond donors (Lipinski definition) is 1. The summed E-state index contributed by atoms with van der Waals surface area (Å²) in [5.41, 5.74) is 4.81. The van der Waals surface area contributed by atoms with E-state index in [1.807, 2.05) is 24.3 Å². The number of carbonyl (C=O) groups excluding carboxylic acids is 1. The highest BCUT2D eigenvalue weighted by molar-refractivity contribution is 6.17. The van der Waals surface area contributed by atoms with Crippen LogP contribution in [0.25, 0.3) is 11.1 Å². The van der Waals surface area contributed by atoms with E-state index < -0.39 is 6.09 Å². The molecule has 1 aliphatic carbocycles. The van der Waals surface area contributed by atoms with E-state index in [0.717, 1.165) is 31.7 Å². The summed E-state index contributed by atoms with van der Waals surface area (Å²) in [4.78, 5) is 12.3. The molecule has 0 fully saturated rings. The van der Waals surface area contributed by atoms with Crippen molar-refractivity contribution in [3.05, 3.63) is 59.7 Å². The van der Waals surface area contributed by atoms with Gasteiger partial charge in [0.05, 0.1) is 132 Å². The molecule has 59 heavy (non-hydrogen) atoms. The predicted octanol–water partition coefficient (Wildman–Crippen LogP) is 5.90. The van der Waals surface area contributed by atoms with Gasteiger partial charge in [-0.25, -0.2) is 4.79 Å². The van der Waals surface area contributed by atoms with E-state index in [1.54, 1.807) is 0 Å². The van der Waals surface area contributed by atoms with Crippen molar-refractivity contribution in [2.24, 2.45) is 0 Å². The number of amides is 1. The van der Waals surface area contributed by atoms with Crippen LogP contribution in [0.1, 0.15) is 49.1 Å². The smallest absolute Gasteiger partial charge is 0.407 e. The third-order valence-electron chi connectivity index (χ3n) is 8.97. The number of carbonyl (C=O) groups is 1. The molecule has 0 bridgehead atoms. The lowest BCUT2D eigenvalue weighted by Crippen LogP contribution is -2.27. The SMILES string of the molecule is O=C(NCCCOCCOCCOCCOCCOCCOCCOCCOCCOCCOCCOCCCCCCCl)OCC1c2ccccc2-c2ccccc21. The summed E-state index contributed by atoms with van der Waals surface area (Å²) in [5, 5.41) is 2.81. The number of unbranched alkanes of at least 4 members (excludes halogenated alkanes) is 3. The minimum Gasteiger partial charge on any atom is -0.449 e. The lowest BCUT2D eigenvalue weighted by molar-refractivity contribution is -0.0275. The molecule has 14 nitrogen and oxygen atoms in total. The van der Waals surface area contributed by atoms with Gasteiger partial charge in [-0.1, -0.05) is 61.4 Å². The number of halogens is 1. The lowest BCUT2D eigenvalue weighted by Gasteiger charge is -2.14. The van der Waals surface area contributed by atoms with Crippen molar-refractivity contribution in [3.63, 3.8) is 0 Å². The molecule has 1 aliphatic rings. The van der Waals surface area contributed by atoms with E-state index in [2.05, 4.69) is 29.6 Å². The molecule has 0 spiro atoms. The molecule has 0 atom stereocenters. The van der Waals surface area contributed by atoms with Crippen LogP contribution in [0.15, 0.2) is 48.5 Å². The Balaban J connectivity index is 0.923. The maximum absolute atomic E-state index is 12.3. The Bertz CT molecular complexity index is 1230. The number of rotatable bonds is 42. The second kappa shape index (κ2) is 37.3. The summed E-state index contributed by atoms with van der Waals surface area (Å²) in [6, 6.07) is 16.6. The van der Waals surface area contributed by atoms with Crippen LogP contribution in [0.5, 0.6) is 0 Å². The molecule has 336 valence electrons. The quantitative estimate of drug-likeness (QED) is 0.0628. The predicted molar refractivity (Wildman–Crippen MR) is 226 cm³/mol. The van der Waals surface area contributed by atoms with Gasteiger partial charge in [0.1, 0.15) is 6.61 Å². The van der Waals surface area contributed by atoms with Crippen molar-refractivity contribution in [1.82, 2.24) is 5.32 Å². The van der Waals surface area contributed by atoms with E-state index in [1.165, 1.54) is 28.7 Å². The van der Waals surface area contributed by atoms with Gasteiger partial charge in [0.25, 0.3) is 0 Å². The van der Waals surface area contributed by atoms with Gasteiger partial charge in [0.15, 0.2) is 0 Å². The average molecular weight is 856 g/mol. The first kappa shape index (κ1) is 50.9. The molecule has 15 heteroatoms. The second-order valence-corrected chi connectivity index (χ2v) is 13.8. The summed E-state index contributed by atoms with van der Waals surface area (Å²) in [5.74, 6) is 0.788. The molecule has 3 rings (SSSR count). The molecule has 2 aromatic carbocycles. The van der Waals surface area contributed by atoms with Gasteiger partial charge in [-0.05, 0) is 41.5 Å². The fourth-order valence-electron chi connectivity index (χ4n) is 5.97. The van der Waals surface area contributed by atoms with Gasteiger partial charge in [-0.3, -0.25) is 0 Å². The van der Waals surface area contributed by atoms with E-state index in [-0.39, 0.29) is 5.92 Å². The van der Waals surface area contributed by atoms with Crippen molar-refractivity contribution in [1.29, 1.82) is 0 Å². The van der Waals surface area contributed by atoms with Gasteiger partial charge < -0.3 is 62.2 Å². The zero-order chi connectivity index (χ0) is 41.5. The number of ether oxygens (including phenoxy) is 12. The van der Waals surface area contributed by atoms with Crippen molar-refractivity contribution < 1.29 is 61.6 Å². The normalized spacial score (nSPS) is 12.2. The summed E-state index contributed by atoms with van der Waals surface area (Å²) >= 11 is 5.66. The Morgan fingerprint density at radius 3 is 1.12 bits per heavy atom. The van der Waals surface area contributed by atoms with E-state index in [0.29, 0.717) is 158 Å². The molecular weight excluding hydrogens is 786 g/mol. The number of alkyl halides is 1. The van der Waals surface area contributed by atoms with Crippen LogP contribution in [0, 0.1) is 0 Å². The molecule has 0 radical (unpaired) electrons. The molecule has 1 amide bonds. The summed E-state index contributed by atoms with van der Waals surface area (Å²) < 4.78 is 66.3. The first-order valence-electron chi connectivity index (χ1n) is 21.3. The van der Waals surface area contributed by atoms with Crippen molar-refractivity contribution >= 4 is 17.7 Å². The van der Waals surface area contributed by atoms with Gasteiger partial charge in [-0.15, -0.1) is 11.6 Å². The van der Waals surface area contributed by atoms with Crippen LogP contribution in [-0.4, -0.2) is 170 Å². The standard InChI is InChI=1S/C44H70ClNO13/c45-14-7-1-2-8-16-48-18-20-50-22-24-52-26-28-54-30-32-56-34-36-58-37-35-57-33-31-55-29-27-53-25-23-51-21-19-49-17-9-15-46-44(47)59-38-43-41-12-5-3-10-39(41)40-11-4-6-13-42(40)43/h3-6,10-13,43H,1-2,7-9,14-38H2,(H,46,47). The van der Waals surface area contributed by atoms with E-state index in [9.17, 15) is 4.79 Å². The van der Waals surface area contributed by atoms with E-state index in [4.69, 9.17) is 68.4 Å². The number of alkyl carbamates (subject to hydrolysis) is 1. The van der Waals surface area contributed by atoms with Crippen molar-refractivity contribution in [2.45, 2.75) is 38.0 Å². The highest BCUT2D eigenvalue weighted by atomic mass is 35.5. The Labute approximate surface area is 357 Å². The number of nitrogens with one attached hydrogen (secondary N) is 1. The Morgan fingerprint density at radius 1 is 0.424 bits per heavy atom. The lowest BCUT2D eigenvalue weighted by atomic mass is 9.98. The fraction of sp³-hybridized carbons (Fsp3) is 0.705. The molecule has 0 saturated carbocycles. The third-order valence-corrected chi connectivity index (χ3v) is 9.24. The van der Waals surface area contributed by atoms with Crippen LogP contribution < -0.4 is 5.32 Å². The minimum absolute atomic E-state index is 0.0487. The van der Waals surface area contributed by atoms with Gasteiger partial charge in [0, 0.05) is 31.6 Å². The molecular formula is C44H70ClNO13. The van der Waals surface area contributed by atoms with Crippen LogP contribution in [-0.2, 0) is 56.8 Å². The zero-order valence-corrected chi connectivity index (χ0v) is 35.9. The molecule has 1 N–H and O–H groups in total. The van der Waals surface area contributed by atoms with Gasteiger partial charge >= 0.3 is 6.09 Å². The highest BCUT2D eigenvalue weighted by Gasteiger charge is 2.28. The van der Waals surface area contributed by atoms with Gasteiger partial charge in [0.2, 0.25) is 0 Å². The molecule has 0 saturated heterocycles. The molecule has 0 aromatic heterocycles. The van der Waals surface area contributed by atoms with Crippen molar-refractivity contribution in [2.75, 3.05) is 164 Å². The van der Waals surface area contributed by atoms with Gasteiger partial charge in [-0.2, -0.15) is 0 Å². The maximum Gasteiger partial charge on any atom is 0.407 e. The third kappa shape index (κ3) is 25.8. The monoisotopic (exact) mass is 855 g/mol. The Hall–Kier alpha value is -2.44. The zero-order valence-electron chi connectivity index (χ0n) is 35.1. The Morgan fingerprint density at radius 2 is 0.746 bits per heavy atom. The van der Waals surface area contributed by atoms with E-state index >= 15 is 0 Å². The summed E-state index contributed by atoms with van der Waals surface area (Å²) in [6.45, 7) is 12.3. The largest absolute Gasteiger partial charge is 0.449 e. The summed E-state index contributed by atoms with van der Waals surface area (Å²) in [7, 11) is 0. The number of fused-ring (bicyclic) bond motifs is 3. The number of benzene rings is 2. The Kier molecular flexibility index (Phi) is 32.2.